The number of benzene rings is 1. The van der Waals surface area contributed by atoms with E-state index in [1.54, 1.807) is 17.0 Å². The lowest BCUT2D eigenvalue weighted by Crippen LogP contribution is -2.52. The highest BCUT2D eigenvalue weighted by Crippen LogP contribution is 2.21. The molecule has 104 valence electrons. The summed E-state index contributed by atoms with van der Waals surface area (Å²) in [6.07, 6.45) is 0.195. The van der Waals surface area contributed by atoms with E-state index in [1.165, 1.54) is 12.1 Å². The summed E-state index contributed by atoms with van der Waals surface area (Å²) in [5.41, 5.74) is 0.675. The molecule has 1 aliphatic heterocycles. The van der Waals surface area contributed by atoms with Crippen LogP contribution in [0.4, 0.5) is 4.39 Å². The van der Waals surface area contributed by atoms with Gasteiger partial charge in [-0.15, -0.1) is 0 Å². The predicted octanol–water partition coefficient (Wildman–Crippen LogP) is 1.74. The van der Waals surface area contributed by atoms with Crippen molar-refractivity contribution in [3.63, 3.8) is 0 Å². The van der Waals surface area contributed by atoms with Gasteiger partial charge in [0, 0.05) is 29.6 Å². The molecule has 0 aromatic heterocycles. The summed E-state index contributed by atoms with van der Waals surface area (Å²) in [7, 11) is -0.892. The lowest BCUT2D eigenvalue weighted by molar-refractivity contribution is -0.130. The summed E-state index contributed by atoms with van der Waals surface area (Å²) < 4.78 is 24.5. The summed E-state index contributed by atoms with van der Waals surface area (Å²) in [6, 6.07) is 6.09. The van der Waals surface area contributed by atoms with Crippen LogP contribution >= 0.6 is 0 Å². The standard InChI is InChI=1S/C14H18FNO2S/c1-14(2)10-16(6-7-19(14)18)13(17)9-11-4-3-5-12(15)8-11/h3-5,8H,6-7,9-10H2,1-2H3. The van der Waals surface area contributed by atoms with Crippen LogP contribution in [-0.4, -0.2) is 38.6 Å². The first-order valence-electron chi connectivity index (χ1n) is 6.29. The van der Waals surface area contributed by atoms with Crippen molar-refractivity contribution in [1.82, 2.24) is 4.90 Å². The predicted molar refractivity (Wildman–Crippen MR) is 73.8 cm³/mol. The first kappa shape index (κ1) is 14.2. The van der Waals surface area contributed by atoms with E-state index in [4.69, 9.17) is 0 Å². The molecule has 19 heavy (non-hydrogen) atoms. The Morgan fingerprint density at radius 2 is 2.21 bits per heavy atom. The zero-order valence-electron chi connectivity index (χ0n) is 11.2. The second kappa shape index (κ2) is 5.41. The Morgan fingerprint density at radius 1 is 1.47 bits per heavy atom. The zero-order chi connectivity index (χ0) is 14.0. The van der Waals surface area contributed by atoms with Crippen LogP contribution in [0.5, 0.6) is 0 Å². The second-order valence-electron chi connectivity index (χ2n) is 5.43. The fraction of sp³-hybridized carbons (Fsp3) is 0.500. The van der Waals surface area contributed by atoms with Gasteiger partial charge < -0.3 is 4.90 Å². The summed E-state index contributed by atoms with van der Waals surface area (Å²) >= 11 is 0. The molecule has 1 atom stereocenters. The summed E-state index contributed by atoms with van der Waals surface area (Å²) in [5.74, 6) is 0.155. The van der Waals surface area contributed by atoms with Gasteiger partial charge >= 0.3 is 0 Å². The Labute approximate surface area is 115 Å². The number of hydrogen-bond acceptors (Lipinski definition) is 2. The van der Waals surface area contributed by atoms with Crippen LogP contribution < -0.4 is 0 Å². The number of carbonyl (C=O) groups excluding carboxylic acids is 1. The zero-order valence-corrected chi connectivity index (χ0v) is 12.0. The molecule has 1 aromatic carbocycles. The second-order valence-corrected chi connectivity index (χ2v) is 7.64. The van der Waals surface area contributed by atoms with E-state index in [9.17, 15) is 13.4 Å². The van der Waals surface area contributed by atoms with E-state index in [0.29, 0.717) is 24.4 Å². The molecule has 1 saturated heterocycles. The van der Waals surface area contributed by atoms with Crippen LogP contribution in [0.2, 0.25) is 0 Å². The van der Waals surface area contributed by atoms with Gasteiger partial charge in [0.1, 0.15) is 5.82 Å². The first-order chi connectivity index (χ1) is 8.88. The molecular formula is C14H18FNO2S. The first-order valence-corrected chi connectivity index (χ1v) is 7.61. The molecule has 0 aliphatic carbocycles. The van der Waals surface area contributed by atoms with Crippen molar-refractivity contribution in [1.29, 1.82) is 0 Å². The number of nitrogens with zero attached hydrogens (tertiary/aromatic N) is 1. The SMILES string of the molecule is CC1(C)CN(C(=O)Cc2cccc(F)c2)CCS1=O. The molecule has 0 bridgehead atoms. The highest BCUT2D eigenvalue weighted by atomic mass is 32.2. The average Bonchev–Trinajstić information content (AvgIpc) is 2.32. The van der Waals surface area contributed by atoms with Crippen LogP contribution in [0.25, 0.3) is 0 Å². The minimum Gasteiger partial charge on any atom is -0.340 e. The molecule has 1 unspecified atom stereocenters. The Morgan fingerprint density at radius 3 is 2.84 bits per heavy atom. The van der Waals surface area contributed by atoms with Crippen LogP contribution in [0.1, 0.15) is 19.4 Å². The quantitative estimate of drug-likeness (QED) is 0.829. The largest absolute Gasteiger partial charge is 0.340 e. The third kappa shape index (κ3) is 3.41. The van der Waals surface area contributed by atoms with E-state index < -0.39 is 10.8 Å². The van der Waals surface area contributed by atoms with Crippen molar-refractivity contribution in [2.45, 2.75) is 25.0 Å². The third-order valence-electron chi connectivity index (χ3n) is 3.33. The summed E-state index contributed by atoms with van der Waals surface area (Å²) in [5, 5.41) is 0. The maximum Gasteiger partial charge on any atom is 0.227 e. The Balaban J connectivity index is 2.03. The van der Waals surface area contributed by atoms with Crippen LogP contribution in [0.15, 0.2) is 24.3 Å². The van der Waals surface area contributed by atoms with E-state index in [2.05, 4.69) is 0 Å². The highest BCUT2D eigenvalue weighted by molar-refractivity contribution is 7.86. The summed E-state index contributed by atoms with van der Waals surface area (Å²) in [4.78, 5) is 13.9. The van der Waals surface area contributed by atoms with Crippen molar-refractivity contribution in [2.24, 2.45) is 0 Å². The Kier molecular flexibility index (Phi) is 4.04. The molecule has 1 aliphatic rings. The van der Waals surface area contributed by atoms with Gasteiger partial charge in [-0.25, -0.2) is 4.39 Å². The number of halogens is 1. The topological polar surface area (TPSA) is 37.4 Å². The fourth-order valence-electron chi connectivity index (χ4n) is 2.23. The smallest absolute Gasteiger partial charge is 0.227 e. The molecule has 1 heterocycles. The van der Waals surface area contributed by atoms with E-state index in [0.717, 1.165) is 0 Å². The van der Waals surface area contributed by atoms with Gasteiger partial charge in [-0.2, -0.15) is 0 Å². The van der Waals surface area contributed by atoms with Gasteiger partial charge in [0.15, 0.2) is 0 Å². The lowest BCUT2D eigenvalue weighted by Gasteiger charge is -2.37. The van der Waals surface area contributed by atoms with Crippen molar-refractivity contribution in [3.05, 3.63) is 35.6 Å². The van der Waals surface area contributed by atoms with E-state index in [1.807, 2.05) is 13.8 Å². The molecule has 0 spiro atoms. The van der Waals surface area contributed by atoms with Gasteiger partial charge in [0.25, 0.3) is 0 Å². The fourth-order valence-corrected chi connectivity index (χ4v) is 3.46. The van der Waals surface area contributed by atoms with Crippen LogP contribution in [0.3, 0.4) is 0 Å². The van der Waals surface area contributed by atoms with Crippen molar-refractivity contribution in [3.8, 4) is 0 Å². The van der Waals surface area contributed by atoms with E-state index >= 15 is 0 Å². The average molecular weight is 283 g/mol. The van der Waals surface area contributed by atoms with Gasteiger partial charge in [-0.1, -0.05) is 12.1 Å². The van der Waals surface area contributed by atoms with Gasteiger partial charge in [0.05, 0.1) is 11.2 Å². The molecule has 1 aromatic rings. The normalized spacial score (nSPS) is 22.3. The van der Waals surface area contributed by atoms with E-state index in [-0.39, 0.29) is 22.9 Å². The number of hydrogen-bond donors (Lipinski definition) is 0. The Hall–Kier alpha value is -1.23. The van der Waals surface area contributed by atoms with Gasteiger partial charge in [0.2, 0.25) is 5.91 Å². The Bertz CT molecular complexity index is 516. The van der Waals surface area contributed by atoms with Crippen LogP contribution in [-0.2, 0) is 22.0 Å². The third-order valence-corrected chi connectivity index (χ3v) is 5.25. The van der Waals surface area contributed by atoms with Crippen molar-refractivity contribution < 1.29 is 13.4 Å². The molecule has 1 amide bonds. The van der Waals surface area contributed by atoms with Gasteiger partial charge in [-0.05, 0) is 31.5 Å². The molecule has 0 radical (unpaired) electrons. The monoisotopic (exact) mass is 283 g/mol. The minimum atomic E-state index is -0.892. The minimum absolute atomic E-state index is 0.0321. The maximum atomic E-state index is 13.1. The maximum absolute atomic E-state index is 13.1. The summed E-state index contributed by atoms with van der Waals surface area (Å²) in [6.45, 7) is 4.83. The molecular weight excluding hydrogens is 265 g/mol. The molecule has 0 saturated carbocycles. The van der Waals surface area contributed by atoms with Crippen molar-refractivity contribution in [2.75, 3.05) is 18.8 Å². The highest BCUT2D eigenvalue weighted by Gasteiger charge is 2.34. The molecule has 2 rings (SSSR count). The molecule has 0 N–H and O–H groups in total. The molecule has 3 nitrogen and oxygen atoms in total. The molecule has 5 heteroatoms. The molecule has 1 fully saturated rings. The van der Waals surface area contributed by atoms with Crippen molar-refractivity contribution >= 4 is 16.7 Å². The number of rotatable bonds is 2. The number of carbonyl (C=O) groups is 1. The van der Waals surface area contributed by atoms with Gasteiger partial charge in [-0.3, -0.25) is 9.00 Å². The lowest BCUT2D eigenvalue weighted by atomic mass is 10.1. The van der Waals surface area contributed by atoms with Crippen LogP contribution in [0, 0.1) is 5.82 Å². The number of amides is 1.